The van der Waals surface area contributed by atoms with Crippen LogP contribution >= 0.6 is 11.3 Å². The molecule has 0 bridgehead atoms. The fourth-order valence-corrected chi connectivity index (χ4v) is 3.03. The van der Waals surface area contributed by atoms with Crippen molar-refractivity contribution >= 4 is 22.4 Å². The molecule has 1 unspecified atom stereocenters. The molecule has 3 aromatic rings. The molecule has 2 aromatic heterocycles. The quantitative estimate of drug-likeness (QED) is 0.760. The maximum atomic E-state index is 12.2. The summed E-state index contributed by atoms with van der Waals surface area (Å²) in [5.74, 6) is 0.148. The number of nitrogens with one attached hydrogen (secondary N) is 1. The van der Waals surface area contributed by atoms with Crippen molar-refractivity contribution in [2.24, 2.45) is 0 Å². The molecule has 0 aliphatic rings. The minimum absolute atomic E-state index is 0.0247. The second-order valence-electron chi connectivity index (χ2n) is 5.32. The van der Waals surface area contributed by atoms with Crippen molar-refractivity contribution in [1.29, 1.82) is 0 Å². The van der Waals surface area contributed by atoms with E-state index in [0.29, 0.717) is 11.6 Å². The fraction of sp³-hybridized carbons (Fsp3) is 0.167. The molecule has 4 nitrogen and oxygen atoms in total. The molecule has 3 rings (SSSR count). The first kappa shape index (κ1) is 15.4. The fourth-order valence-electron chi connectivity index (χ4n) is 2.31. The molecule has 0 aliphatic heterocycles. The van der Waals surface area contributed by atoms with Crippen LogP contribution in [-0.4, -0.2) is 15.9 Å². The lowest BCUT2D eigenvalue weighted by Crippen LogP contribution is -2.14. The maximum absolute atomic E-state index is 12.2. The van der Waals surface area contributed by atoms with E-state index >= 15 is 0 Å². The van der Waals surface area contributed by atoms with Gasteiger partial charge in [-0.2, -0.15) is 0 Å². The van der Waals surface area contributed by atoms with Gasteiger partial charge >= 0.3 is 0 Å². The van der Waals surface area contributed by atoms with E-state index in [1.54, 1.807) is 6.20 Å². The lowest BCUT2D eigenvalue weighted by Gasteiger charge is -2.10. The second kappa shape index (κ2) is 7.15. The topological polar surface area (TPSA) is 54.9 Å². The highest BCUT2D eigenvalue weighted by Crippen LogP contribution is 2.24. The van der Waals surface area contributed by atoms with E-state index in [4.69, 9.17) is 0 Å². The van der Waals surface area contributed by atoms with Gasteiger partial charge in [-0.25, -0.2) is 4.98 Å². The average Bonchev–Trinajstić information content (AvgIpc) is 3.04. The Balaban J connectivity index is 1.61. The van der Waals surface area contributed by atoms with E-state index in [9.17, 15) is 4.79 Å². The highest BCUT2D eigenvalue weighted by Gasteiger charge is 2.13. The van der Waals surface area contributed by atoms with Gasteiger partial charge < -0.3 is 5.32 Å². The number of pyridine rings is 1. The summed E-state index contributed by atoms with van der Waals surface area (Å²) in [7, 11) is 0. The van der Waals surface area contributed by atoms with Crippen molar-refractivity contribution in [3.05, 3.63) is 65.7 Å². The van der Waals surface area contributed by atoms with Crippen LogP contribution in [0.15, 0.2) is 60.1 Å². The van der Waals surface area contributed by atoms with E-state index in [2.05, 4.69) is 22.2 Å². The molecular formula is C18H17N3OS. The molecule has 1 atom stereocenters. The number of thiazole rings is 1. The van der Waals surface area contributed by atoms with Crippen molar-refractivity contribution < 1.29 is 4.79 Å². The van der Waals surface area contributed by atoms with Crippen LogP contribution in [0.2, 0.25) is 0 Å². The van der Waals surface area contributed by atoms with Crippen LogP contribution in [-0.2, 0) is 4.79 Å². The predicted molar refractivity (Wildman–Crippen MR) is 93.4 cm³/mol. The number of aromatic nitrogens is 2. The smallest absolute Gasteiger partial charge is 0.226 e. The molecule has 116 valence electrons. The van der Waals surface area contributed by atoms with Gasteiger partial charge in [-0.15, -0.1) is 11.3 Å². The van der Waals surface area contributed by atoms with Crippen molar-refractivity contribution in [2.75, 3.05) is 5.32 Å². The van der Waals surface area contributed by atoms with Gasteiger partial charge in [0.2, 0.25) is 5.91 Å². The first-order chi connectivity index (χ1) is 11.2. The number of hydrogen-bond donors (Lipinski definition) is 1. The van der Waals surface area contributed by atoms with Crippen LogP contribution in [0.25, 0.3) is 11.4 Å². The zero-order valence-electron chi connectivity index (χ0n) is 12.8. The molecule has 1 aromatic carbocycles. The third-order valence-corrected chi connectivity index (χ3v) is 4.30. The summed E-state index contributed by atoms with van der Waals surface area (Å²) < 4.78 is 0. The molecule has 0 radical (unpaired) electrons. The molecular weight excluding hydrogens is 306 g/mol. The Bertz CT molecular complexity index is 771. The van der Waals surface area contributed by atoms with E-state index in [1.807, 2.05) is 53.9 Å². The molecule has 2 heterocycles. The molecule has 0 saturated heterocycles. The van der Waals surface area contributed by atoms with Crippen LogP contribution in [0.4, 0.5) is 5.13 Å². The Kier molecular flexibility index (Phi) is 4.78. The summed E-state index contributed by atoms with van der Waals surface area (Å²) in [5.41, 5.74) is 2.75. The molecule has 5 heteroatoms. The highest BCUT2D eigenvalue weighted by atomic mass is 32.1. The van der Waals surface area contributed by atoms with Crippen LogP contribution < -0.4 is 5.32 Å². The number of carbonyl (C=O) groups is 1. The van der Waals surface area contributed by atoms with Gasteiger partial charge in [0.15, 0.2) is 5.13 Å². The second-order valence-corrected chi connectivity index (χ2v) is 6.18. The molecule has 1 amide bonds. The van der Waals surface area contributed by atoms with Crippen LogP contribution in [0.5, 0.6) is 0 Å². The summed E-state index contributed by atoms with van der Waals surface area (Å²) >= 11 is 1.41. The number of hydrogen-bond acceptors (Lipinski definition) is 4. The van der Waals surface area contributed by atoms with Gasteiger partial charge in [0.05, 0.1) is 5.69 Å². The average molecular weight is 323 g/mol. The largest absolute Gasteiger partial charge is 0.302 e. The number of carbonyl (C=O) groups excluding carboxylic acids is 1. The van der Waals surface area contributed by atoms with E-state index in [0.717, 1.165) is 17.0 Å². The zero-order valence-corrected chi connectivity index (χ0v) is 13.6. The minimum atomic E-state index is -0.0247. The van der Waals surface area contributed by atoms with Crippen LogP contribution in [0.1, 0.15) is 24.8 Å². The first-order valence-corrected chi connectivity index (χ1v) is 8.32. The van der Waals surface area contributed by atoms with Gasteiger partial charge in [0.25, 0.3) is 0 Å². The minimum Gasteiger partial charge on any atom is -0.302 e. The SMILES string of the molecule is CC(CC(=O)Nc1nc(-c2ccccn2)cs1)c1ccccc1. The Hall–Kier alpha value is -2.53. The van der Waals surface area contributed by atoms with Gasteiger partial charge in [0.1, 0.15) is 5.69 Å². The molecule has 23 heavy (non-hydrogen) atoms. The summed E-state index contributed by atoms with van der Waals surface area (Å²) in [6, 6.07) is 15.7. The predicted octanol–water partition coefficient (Wildman–Crippen LogP) is 4.34. The number of anilines is 1. The molecule has 0 saturated carbocycles. The molecule has 0 aliphatic carbocycles. The third-order valence-electron chi connectivity index (χ3n) is 3.54. The molecule has 1 N–H and O–H groups in total. The monoisotopic (exact) mass is 323 g/mol. The Labute approximate surface area is 139 Å². The van der Waals surface area contributed by atoms with Gasteiger partial charge in [-0.05, 0) is 23.6 Å². The number of benzene rings is 1. The molecule has 0 fully saturated rings. The lowest BCUT2D eigenvalue weighted by atomic mass is 9.98. The number of rotatable bonds is 5. The van der Waals surface area contributed by atoms with Crippen LogP contribution in [0.3, 0.4) is 0 Å². The normalized spacial score (nSPS) is 11.9. The van der Waals surface area contributed by atoms with E-state index < -0.39 is 0 Å². The van der Waals surface area contributed by atoms with Crippen molar-refractivity contribution in [2.45, 2.75) is 19.3 Å². The van der Waals surface area contributed by atoms with Crippen molar-refractivity contribution in [3.8, 4) is 11.4 Å². The Morgan fingerprint density at radius 1 is 1.13 bits per heavy atom. The van der Waals surface area contributed by atoms with Crippen LogP contribution in [0, 0.1) is 0 Å². The Morgan fingerprint density at radius 2 is 1.91 bits per heavy atom. The van der Waals surface area contributed by atoms with E-state index in [-0.39, 0.29) is 11.8 Å². The number of nitrogens with zero attached hydrogens (tertiary/aromatic N) is 2. The van der Waals surface area contributed by atoms with Crippen molar-refractivity contribution in [3.63, 3.8) is 0 Å². The maximum Gasteiger partial charge on any atom is 0.226 e. The zero-order chi connectivity index (χ0) is 16.1. The summed E-state index contributed by atoms with van der Waals surface area (Å²) in [6.45, 7) is 2.05. The molecule has 0 spiro atoms. The van der Waals surface area contributed by atoms with Gasteiger partial charge in [0, 0.05) is 18.0 Å². The lowest BCUT2D eigenvalue weighted by molar-refractivity contribution is -0.116. The highest BCUT2D eigenvalue weighted by molar-refractivity contribution is 7.14. The Morgan fingerprint density at radius 3 is 2.65 bits per heavy atom. The summed E-state index contributed by atoms with van der Waals surface area (Å²) in [5, 5.41) is 5.38. The van der Waals surface area contributed by atoms with E-state index in [1.165, 1.54) is 11.3 Å². The standard InChI is InChI=1S/C18H17N3OS/c1-13(14-7-3-2-4-8-14)11-17(22)21-18-20-16(12-23-18)15-9-5-6-10-19-15/h2-10,12-13H,11H2,1H3,(H,20,21,22). The summed E-state index contributed by atoms with van der Waals surface area (Å²) in [4.78, 5) is 20.9. The van der Waals surface area contributed by atoms with Gasteiger partial charge in [-0.1, -0.05) is 43.3 Å². The van der Waals surface area contributed by atoms with Gasteiger partial charge in [-0.3, -0.25) is 9.78 Å². The number of amides is 1. The first-order valence-electron chi connectivity index (χ1n) is 7.44. The summed E-state index contributed by atoms with van der Waals surface area (Å²) in [6.07, 6.45) is 2.16. The third kappa shape index (κ3) is 4.02. The van der Waals surface area contributed by atoms with Crippen molar-refractivity contribution in [1.82, 2.24) is 9.97 Å².